The molecule has 5 rings (SSSR count). The molecule has 0 bridgehead atoms. The van der Waals surface area contributed by atoms with E-state index in [0.717, 1.165) is 37.6 Å². The fraction of sp³-hybridized carbons (Fsp3) is 0.684. The maximum absolute atomic E-state index is 12.0. The van der Waals surface area contributed by atoms with E-state index < -0.39 is 0 Å². The van der Waals surface area contributed by atoms with E-state index in [4.69, 9.17) is 9.72 Å². The highest BCUT2D eigenvalue weighted by Crippen LogP contribution is 2.35. The lowest BCUT2D eigenvalue weighted by atomic mass is 9.85. The SMILES string of the molecule is O=C1OCCN1C1CC2C(CN1)NNC2c1cccc(N2CCCCC2)n1. The van der Waals surface area contributed by atoms with Crippen molar-refractivity contribution in [1.82, 2.24) is 26.1 Å². The summed E-state index contributed by atoms with van der Waals surface area (Å²) in [5.74, 6) is 1.47. The highest BCUT2D eigenvalue weighted by Gasteiger charge is 2.44. The fourth-order valence-corrected chi connectivity index (χ4v) is 4.88. The largest absolute Gasteiger partial charge is 0.447 e. The number of piperidine rings is 2. The average molecular weight is 372 g/mol. The fourth-order valence-electron chi connectivity index (χ4n) is 4.88. The number of nitrogens with one attached hydrogen (secondary N) is 3. The minimum absolute atomic E-state index is 0.0377. The molecular weight excluding hydrogens is 344 g/mol. The number of pyridine rings is 1. The molecule has 8 nitrogen and oxygen atoms in total. The first-order valence-corrected chi connectivity index (χ1v) is 10.2. The third-order valence-electron chi connectivity index (χ3n) is 6.36. The quantitative estimate of drug-likeness (QED) is 0.730. The summed E-state index contributed by atoms with van der Waals surface area (Å²) < 4.78 is 5.12. The van der Waals surface area contributed by atoms with Crippen molar-refractivity contribution in [2.24, 2.45) is 5.92 Å². The summed E-state index contributed by atoms with van der Waals surface area (Å²) >= 11 is 0. The van der Waals surface area contributed by atoms with Crippen LogP contribution in [-0.2, 0) is 4.74 Å². The standard InChI is InChI=1S/C19H28N6O2/c26-19-25(9-10-27-19)17-11-13-15(12-20-17)22-23-18(13)14-5-4-6-16(21-14)24-7-2-1-3-8-24/h4-6,13,15,17-18,20,22-23H,1-3,7-12H2. The van der Waals surface area contributed by atoms with E-state index in [0.29, 0.717) is 25.1 Å². The van der Waals surface area contributed by atoms with Gasteiger partial charge in [-0.15, -0.1) is 0 Å². The Balaban J connectivity index is 1.33. The molecule has 4 aliphatic rings. The summed E-state index contributed by atoms with van der Waals surface area (Å²) in [6, 6.07) is 6.86. The molecule has 1 aromatic rings. The molecule has 8 heteroatoms. The second-order valence-corrected chi connectivity index (χ2v) is 7.97. The van der Waals surface area contributed by atoms with Gasteiger partial charge < -0.3 is 9.64 Å². The highest BCUT2D eigenvalue weighted by atomic mass is 16.6. The number of fused-ring (bicyclic) bond motifs is 1. The van der Waals surface area contributed by atoms with Crippen molar-refractivity contribution in [3.8, 4) is 0 Å². The Bertz CT molecular complexity index is 695. The number of hydrogen-bond acceptors (Lipinski definition) is 7. The van der Waals surface area contributed by atoms with Crippen LogP contribution in [0.5, 0.6) is 0 Å². The number of anilines is 1. The molecule has 5 heterocycles. The molecule has 4 saturated heterocycles. The van der Waals surface area contributed by atoms with Crippen LogP contribution in [0.3, 0.4) is 0 Å². The number of rotatable bonds is 3. The van der Waals surface area contributed by atoms with E-state index in [1.165, 1.54) is 19.3 Å². The Morgan fingerprint density at radius 1 is 1.11 bits per heavy atom. The average Bonchev–Trinajstić information content (AvgIpc) is 3.34. The van der Waals surface area contributed by atoms with Crippen LogP contribution in [-0.4, -0.2) is 61.0 Å². The van der Waals surface area contributed by atoms with Gasteiger partial charge in [-0.3, -0.25) is 15.6 Å². The molecule has 4 fully saturated rings. The first kappa shape index (κ1) is 17.2. The van der Waals surface area contributed by atoms with Crippen LogP contribution >= 0.6 is 0 Å². The van der Waals surface area contributed by atoms with Crippen molar-refractivity contribution < 1.29 is 9.53 Å². The lowest BCUT2D eigenvalue weighted by Crippen LogP contribution is -2.56. The van der Waals surface area contributed by atoms with Crippen LogP contribution < -0.4 is 21.1 Å². The van der Waals surface area contributed by atoms with Gasteiger partial charge in [0, 0.05) is 31.6 Å². The van der Waals surface area contributed by atoms with E-state index in [1.807, 2.05) is 4.90 Å². The summed E-state index contributed by atoms with van der Waals surface area (Å²) in [5.41, 5.74) is 7.98. The van der Waals surface area contributed by atoms with Crippen LogP contribution in [0.25, 0.3) is 0 Å². The Morgan fingerprint density at radius 2 is 2.00 bits per heavy atom. The Labute approximate surface area is 159 Å². The van der Waals surface area contributed by atoms with Gasteiger partial charge in [-0.25, -0.2) is 15.2 Å². The lowest BCUT2D eigenvalue weighted by molar-refractivity contribution is 0.115. The van der Waals surface area contributed by atoms with Gasteiger partial charge >= 0.3 is 6.09 Å². The van der Waals surface area contributed by atoms with Crippen LogP contribution in [0.15, 0.2) is 18.2 Å². The molecule has 0 spiro atoms. The summed E-state index contributed by atoms with van der Waals surface area (Å²) in [6.07, 6.45) is 4.54. The summed E-state index contributed by atoms with van der Waals surface area (Å²) in [7, 11) is 0. The number of amides is 1. The zero-order valence-electron chi connectivity index (χ0n) is 15.6. The summed E-state index contributed by atoms with van der Waals surface area (Å²) in [6.45, 7) is 4.19. The van der Waals surface area contributed by atoms with E-state index in [1.54, 1.807) is 0 Å². The number of cyclic esters (lactones) is 1. The van der Waals surface area contributed by atoms with Gasteiger partial charge in [-0.2, -0.15) is 0 Å². The van der Waals surface area contributed by atoms with Crippen LogP contribution in [0.4, 0.5) is 10.6 Å². The zero-order valence-corrected chi connectivity index (χ0v) is 15.6. The summed E-state index contributed by atoms with van der Waals surface area (Å²) in [5, 5.41) is 3.49. The van der Waals surface area contributed by atoms with E-state index in [-0.39, 0.29) is 18.3 Å². The van der Waals surface area contributed by atoms with Gasteiger partial charge in [0.15, 0.2) is 0 Å². The van der Waals surface area contributed by atoms with Crippen molar-refractivity contribution in [2.75, 3.05) is 37.7 Å². The number of ether oxygens (including phenoxy) is 1. The van der Waals surface area contributed by atoms with Gasteiger partial charge in [0.05, 0.1) is 24.4 Å². The van der Waals surface area contributed by atoms with Gasteiger partial charge in [-0.05, 0) is 37.8 Å². The normalized spacial score (nSPS) is 33.9. The maximum atomic E-state index is 12.0. The van der Waals surface area contributed by atoms with E-state index >= 15 is 0 Å². The molecule has 1 amide bonds. The molecule has 0 radical (unpaired) electrons. The zero-order chi connectivity index (χ0) is 18.2. The van der Waals surface area contributed by atoms with E-state index in [2.05, 4.69) is 39.3 Å². The number of carbonyl (C=O) groups is 1. The molecular formula is C19H28N6O2. The van der Waals surface area contributed by atoms with Crippen molar-refractivity contribution in [1.29, 1.82) is 0 Å². The molecule has 1 aromatic heterocycles. The van der Waals surface area contributed by atoms with Gasteiger partial charge in [0.1, 0.15) is 12.4 Å². The topological polar surface area (TPSA) is 81.8 Å². The number of carbonyl (C=O) groups excluding carboxylic acids is 1. The number of hydrazine groups is 1. The first-order chi connectivity index (χ1) is 13.3. The Kier molecular flexibility index (Phi) is 4.63. The van der Waals surface area contributed by atoms with E-state index in [9.17, 15) is 4.79 Å². The molecule has 0 aliphatic carbocycles. The number of aromatic nitrogens is 1. The Morgan fingerprint density at radius 3 is 2.81 bits per heavy atom. The van der Waals surface area contributed by atoms with Crippen LogP contribution in [0.2, 0.25) is 0 Å². The smallest absolute Gasteiger partial charge is 0.411 e. The van der Waals surface area contributed by atoms with Gasteiger partial charge in [0.25, 0.3) is 0 Å². The van der Waals surface area contributed by atoms with Crippen molar-refractivity contribution in [3.63, 3.8) is 0 Å². The second-order valence-electron chi connectivity index (χ2n) is 7.97. The minimum Gasteiger partial charge on any atom is -0.447 e. The number of hydrogen-bond donors (Lipinski definition) is 3. The predicted octanol–water partition coefficient (Wildman–Crippen LogP) is 0.977. The van der Waals surface area contributed by atoms with Gasteiger partial charge in [0.2, 0.25) is 0 Å². The third kappa shape index (κ3) is 3.26. The highest BCUT2D eigenvalue weighted by molar-refractivity contribution is 5.69. The van der Waals surface area contributed by atoms with Gasteiger partial charge in [-0.1, -0.05) is 6.07 Å². The van der Waals surface area contributed by atoms with Crippen LogP contribution in [0, 0.1) is 5.92 Å². The molecule has 27 heavy (non-hydrogen) atoms. The third-order valence-corrected chi connectivity index (χ3v) is 6.36. The summed E-state index contributed by atoms with van der Waals surface area (Å²) in [4.78, 5) is 21.2. The maximum Gasteiger partial charge on any atom is 0.411 e. The lowest BCUT2D eigenvalue weighted by Gasteiger charge is -2.37. The monoisotopic (exact) mass is 372 g/mol. The van der Waals surface area contributed by atoms with Crippen molar-refractivity contribution in [3.05, 3.63) is 23.9 Å². The molecule has 0 saturated carbocycles. The first-order valence-electron chi connectivity index (χ1n) is 10.2. The molecule has 0 aromatic carbocycles. The van der Waals surface area contributed by atoms with Crippen molar-refractivity contribution >= 4 is 11.9 Å². The Hall–Kier alpha value is -1.90. The number of nitrogens with zero attached hydrogens (tertiary/aromatic N) is 3. The second kappa shape index (κ2) is 7.26. The molecule has 4 unspecified atom stereocenters. The van der Waals surface area contributed by atoms with Crippen LogP contribution in [0.1, 0.15) is 37.4 Å². The molecule has 3 N–H and O–H groups in total. The van der Waals surface area contributed by atoms with Crippen molar-refractivity contribution in [2.45, 2.75) is 43.9 Å². The minimum atomic E-state index is -0.202. The molecule has 4 atom stereocenters. The molecule has 4 aliphatic heterocycles. The molecule has 146 valence electrons. The predicted molar refractivity (Wildman–Crippen MR) is 101 cm³/mol.